The fourth-order valence-electron chi connectivity index (χ4n) is 4.81. The summed E-state index contributed by atoms with van der Waals surface area (Å²) in [6.07, 6.45) is 2.51. The molecule has 0 radical (unpaired) electrons. The number of methoxy groups -OCH3 is 3. The maximum atomic E-state index is 14.0. The molecule has 12 nitrogen and oxygen atoms in total. The highest BCUT2D eigenvalue weighted by Crippen LogP contribution is 2.34. The van der Waals surface area contributed by atoms with Crippen LogP contribution in [-0.4, -0.2) is 74.6 Å². The molecule has 1 N–H and O–H groups in total. The van der Waals surface area contributed by atoms with Crippen LogP contribution in [0.2, 0.25) is 0 Å². The minimum Gasteiger partial charge on any atom is -0.495 e. The number of nitrogens with zero attached hydrogens (tertiary/aromatic N) is 2. The maximum Gasteiger partial charge on any atom is 0.264 e. The molecular weight excluding hydrogens is 610 g/mol. The third kappa shape index (κ3) is 7.20. The van der Waals surface area contributed by atoms with Crippen LogP contribution in [0.3, 0.4) is 0 Å². The summed E-state index contributed by atoms with van der Waals surface area (Å²) >= 11 is 0. The van der Waals surface area contributed by atoms with Crippen LogP contribution in [0.15, 0.2) is 70.5 Å². The Kier molecular flexibility index (Phi) is 10.6. The zero-order chi connectivity index (χ0) is 31.9. The average Bonchev–Trinajstić information content (AvgIpc) is 3.04. The van der Waals surface area contributed by atoms with E-state index in [-0.39, 0.29) is 32.7 Å². The van der Waals surface area contributed by atoms with Gasteiger partial charge in [0.1, 0.15) is 18.0 Å². The lowest BCUT2D eigenvalue weighted by molar-refractivity contribution is -0.114. The molecule has 238 valence electrons. The van der Waals surface area contributed by atoms with Crippen LogP contribution >= 0.6 is 0 Å². The summed E-state index contributed by atoms with van der Waals surface area (Å²) in [6, 6.07) is 14.6. The van der Waals surface area contributed by atoms with Crippen molar-refractivity contribution in [2.45, 2.75) is 36.0 Å². The third-order valence-corrected chi connectivity index (χ3v) is 10.7. The lowest BCUT2D eigenvalue weighted by Crippen LogP contribution is -2.38. The predicted octanol–water partition coefficient (Wildman–Crippen LogP) is 4.12. The highest BCUT2D eigenvalue weighted by Gasteiger charge is 2.30. The molecule has 3 aromatic carbocycles. The van der Waals surface area contributed by atoms with E-state index >= 15 is 0 Å². The molecule has 0 saturated carbocycles. The molecule has 0 atom stereocenters. The number of carbonyl (C=O) groups excluding carboxylic acids is 1. The lowest BCUT2D eigenvalue weighted by Gasteiger charge is -2.26. The van der Waals surface area contributed by atoms with Crippen LogP contribution in [0.1, 0.15) is 26.2 Å². The summed E-state index contributed by atoms with van der Waals surface area (Å²) in [6.45, 7) is 2.44. The predicted molar refractivity (Wildman–Crippen MR) is 166 cm³/mol. The highest BCUT2D eigenvalue weighted by molar-refractivity contribution is 7.92. The lowest BCUT2D eigenvalue weighted by atomic mass is 10.2. The van der Waals surface area contributed by atoms with Crippen LogP contribution in [0.5, 0.6) is 23.0 Å². The molecule has 0 aromatic heterocycles. The average molecular weight is 648 g/mol. The molecule has 1 fully saturated rings. The quantitative estimate of drug-likeness (QED) is 0.290. The van der Waals surface area contributed by atoms with E-state index in [1.807, 2.05) is 6.92 Å². The maximum absolute atomic E-state index is 14.0. The number of amides is 1. The first kappa shape index (κ1) is 32.9. The van der Waals surface area contributed by atoms with Crippen LogP contribution in [0, 0.1) is 0 Å². The Balaban J connectivity index is 1.68. The van der Waals surface area contributed by atoms with Crippen molar-refractivity contribution in [3.8, 4) is 23.0 Å². The van der Waals surface area contributed by atoms with E-state index in [2.05, 4.69) is 5.32 Å². The highest BCUT2D eigenvalue weighted by atomic mass is 32.2. The minimum atomic E-state index is -4.32. The smallest absolute Gasteiger partial charge is 0.264 e. The van der Waals surface area contributed by atoms with Crippen molar-refractivity contribution in [1.29, 1.82) is 0 Å². The Morgan fingerprint density at radius 1 is 0.795 bits per heavy atom. The van der Waals surface area contributed by atoms with Crippen molar-refractivity contribution in [2.75, 3.05) is 57.2 Å². The van der Waals surface area contributed by atoms with Gasteiger partial charge in [-0.25, -0.2) is 16.8 Å². The van der Waals surface area contributed by atoms with E-state index in [0.717, 1.165) is 23.6 Å². The molecule has 14 heteroatoms. The second-order valence-corrected chi connectivity index (χ2v) is 13.6. The Morgan fingerprint density at radius 3 is 2.02 bits per heavy atom. The van der Waals surface area contributed by atoms with E-state index in [9.17, 15) is 21.6 Å². The SMILES string of the molecule is CCOc1ccc(N(CC(=O)Nc2cc(S(=O)(=O)N3CCCCC3)ccc2OC)S(=O)(=O)c2ccc(OC)c(OC)c2)cc1. The number of anilines is 2. The molecule has 4 rings (SSSR count). The van der Waals surface area contributed by atoms with Crippen LogP contribution < -0.4 is 28.6 Å². The van der Waals surface area contributed by atoms with Crippen molar-refractivity contribution < 1.29 is 40.6 Å². The normalized spacial score (nSPS) is 14.0. The van der Waals surface area contributed by atoms with Crippen molar-refractivity contribution in [3.63, 3.8) is 0 Å². The Morgan fingerprint density at radius 2 is 1.41 bits per heavy atom. The second kappa shape index (κ2) is 14.2. The molecule has 1 amide bonds. The zero-order valence-corrected chi connectivity index (χ0v) is 26.7. The molecule has 0 spiro atoms. The van der Waals surface area contributed by atoms with Gasteiger partial charge in [-0.3, -0.25) is 9.10 Å². The van der Waals surface area contributed by atoms with Gasteiger partial charge in [-0.15, -0.1) is 0 Å². The summed E-state index contributed by atoms with van der Waals surface area (Å²) in [7, 11) is -3.92. The number of ether oxygens (including phenoxy) is 4. The Hall–Kier alpha value is -4.01. The van der Waals surface area contributed by atoms with Gasteiger partial charge in [0.05, 0.1) is 49.1 Å². The standard InChI is InChI=1S/C30H37N3O9S2/c1-5-42-23-11-9-22(10-12-23)33(44(37,38)25-14-16-28(40-3)29(20-25)41-4)21-30(34)31-26-19-24(13-15-27(26)39-2)43(35,36)32-17-7-6-8-18-32/h9-16,19-20H,5-8,17-18,21H2,1-4H3,(H,31,34). The van der Waals surface area contributed by atoms with Crippen LogP contribution in [0.4, 0.5) is 11.4 Å². The van der Waals surface area contributed by atoms with Crippen molar-refractivity contribution in [1.82, 2.24) is 4.31 Å². The van der Waals surface area contributed by atoms with E-state index in [1.54, 1.807) is 12.1 Å². The fraction of sp³-hybridized carbons (Fsp3) is 0.367. The van der Waals surface area contributed by atoms with Gasteiger partial charge in [-0.1, -0.05) is 6.42 Å². The number of hydrogen-bond acceptors (Lipinski definition) is 9. The third-order valence-electron chi connectivity index (χ3n) is 7.06. The molecule has 1 aliphatic heterocycles. The van der Waals surface area contributed by atoms with Gasteiger partial charge in [-0.2, -0.15) is 4.31 Å². The van der Waals surface area contributed by atoms with E-state index < -0.39 is 32.5 Å². The number of rotatable bonds is 13. The Bertz CT molecular complexity index is 1670. The number of benzene rings is 3. The summed E-state index contributed by atoms with van der Waals surface area (Å²) in [5.41, 5.74) is 0.289. The first-order valence-corrected chi connectivity index (χ1v) is 16.9. The van der Waals surface area contributed by atoms with Crippen LogP contribution in [0.25, 0.3) is 0 Å². The van der Waals surface area contributed by atoms with Gasteiger partial charge in [0.2, 0.25) is 15.9 Å². The zero-order valence-electron chi connectivity index (χ0n) is 25.1. The fourth-order valence-corrected chi connectivity index (χ4v) is 7.80. The molecule has 1 aliphatic rings. The van der Waals surface area contributed by atoms with Gasteiger partial charge in [0.25, 0.3) is 10.0 Å². The second-order valence-electron chi connectivity index (χ2n) is 9.83. The van der Waals surface area contributed by atoms with E-state index in [1.165, 1.54) is 74.2 Å². The van der Waals surface area contributed by atoms with Gasteiger partial charge >= 0.3 is 0 Å². The number of carbonyl (C=O) groups is 1. The minimum absolute atomic E-state index is 0.00295. The molecule has 0 bridgehead atoms. The van der Waals surface area contributed by atoms with E-state index in [4.69, 9.17) is 18.9 Å². The Labute approximate surface area is 258 Å². The van der Waals surface area contributed by atoms with Crippen molar-refractivity contribution in [3.05, 3.63) is 60.7 Å². The molecule has 0 aliphatic carbocycles. The molecule has 0 unspecified atom stereocenters. The van der Waals surface area contributed by atoms with Gasteiger partial charge in [0, 0.05) is 19.2 Å². The summed E-state index contributed by atoms with van der Waals surface area (Å²) < 4.78 is 78.4. The summed E-state index contributed by atoms with van der Waals surface area (Å²) in [5, 5.41) is 2.65. The largest absolute Gasteiger partial charge is 0.495 e. The van der Waals surface area contributed by atoms with Crippen molar-refractivity contribution >= 4 is 37.3 Å². The van der Waals surface area contributed by atoms with Gasteiger partial charge in [0.15, 0.2) is 11.5 Å². The first-order chi connectivity index (χ1) is 21.0. The number of piperidine rings is 1. The topological polar surface area (TPSA) is 141 Å². The monoisotopic (exact) mass is 647 g/mol. The molecule has 1 saturated heterocycles. The van der Waals surface area contributed by atoms with Gasteiger partial charge < -0.3 is 24.3 Å². The van der Waals surface area contributed by atoms with Crippen molar-refractivity contribution in [2.24, 2.45) is 0 Å². The van der Waals surface area contributed by atoms with Gasteiger partial charge in [-0.05, 0) is 74.4 Å². The molecular formula is C30H37N3O9S2. The molecule has 1 heterocycles. The number of hydrogen-bond donors (Lipinski definition) is 1. The summed E-state index contributed by atoms with van der Waals surface area (Å²) in [5.74, 6) is 0.546. The first-order valence-electron chi connectivity index (χ1n) is 14.0. The molecule has 3 aromatic rings. The van der Waals surface area contributed by atoms with Crippen LogP contribution in [-0.2, 0) is 24.8 Å². The van der Waals surface area contributed by atoms with E-state index in [0.29, 0.717) is 31.2 Å². The number of nitrogens with one attached hydrogen (secondary N) is 1. The molecule has 44 heavy (non-hydrogen) atoms. The number of sulfonamides is 2. The summed E-state index contributed by atoms with van der Waals surface area (Å²) in [4.78, 5) is 13.4.